The summed E-state index contributed by atoms with van der Waals surface area (Å²) < 4.78 is 26.0. The molecule has 204 valence electrons. The molecule has 0 saturated heterocycles. The summed E-state index contributed by atoms with van der Waals surface area (Å²) in [6.07, 6.45) is 2.31. The van der Waals surface area contributed by atoms with Gasteiger partial charge in [-0.2, -0.15) is 0 Å². The van der Waals surface area contributed by atoms with Crippen molar-refractivity contribution in [3.8, 4) is 16.8 Å². The number of hydrogen-bond donors (Lipinski definition) is 3. The number of aliphatic hydroxyl groups excluding tert-OH is 1. The number of nitrogens with one attached hydrogen (secondary N) is 1. The number of amides is 1. The number of para-hydroxylation sites is 1. The number of nitrogens with zero attached hydrogens (tertiary/aromatic N) is 5. The fraction of sp³-hybridized carbons (Fsp3) is 0.214. The molecule has 4 N–H and O–H groups in total. The lowest BCUT2D eigenvalue weighted by atomic mass is 10.0. The van der Waals surface area contributed by atoms with Crippen LogP contribution < -0.4 is 16.6 Å². The summed E-state index contributed by atoms with van der Waals surface area (Å²) in [6.45, 7) is 2.79. The standard InChI is InChI=1S/C28H26FN7O4/c1-16(37)12-34-13-20(23-25(30)31-15-32-26(23)34)19-8-7-17(11-21(19)29)33-27(38)24-22-14-40-10-9-35(22)36(28(24)39)18-5-3-2-4-6-18/h2-8,11,13,15-16,37H,9-10,12,14H2,1H3,(H,33,38)(H2,30,31,32)/t16-/m1/s1. The van der Waals surface area contributed by atoms with Gasteiger partial charge in [-0.25, -0.2) is 19.0 Å². The molecule has 0 aliphatic carbocycles. The molecule has 0 bridgehead atoms. The Labute approximate surface area is 227 Å². The molecule has 3 aromatic heterocycles. The number of carbonyl (C=O) groups excluding carboxylic acids is 1. The first kappa shape index (κ1) is 25.5. The number of fused-ring (bicyclic) bond motifs is 2. The van der Waals surface area contributed by atoms with E-state index in [-0.39, 0.29) is 35.8 Å². The van der Waals surface area contributed by atoms with E-state index in [9.17, 15) is 14.7 Å². The van der Waals surface area contributed by atoms with Gasteiger partial charge in [0.2, 0.25) is 0 Å². The Morgan fingerprint density at radius 1 is 1.20 bits per heavy atom. The van der Waals surface area contributed by atoms with Crippen LogP contribution >= 0.6 is 0 Å². The number of aromatic nitrogens is 5. The number of halogens is 1. The van der Waals surface area contributed by atoms with Crippen LogP contribution in [0.4, 0.5) is 15.9 Å². The van der Waals surface area contributed by atoms with Crippen molar-refractivity contribution in [2.24, 2.45) is 0 Å². The Kier molecular flexibility index (Phi) is 6.40. The maximum Gasteiger partial charge on any atom is 0.284 e. The molecule has 1 amide bonds. The predicted octanol–water partition coefficient (Wildman–Crippen LogP) is 2.94. The topological polar surface area (TPSA) is 142 Å². The van der Waals surface area contributed by atoms with E-state index >= 15 is 4.39 Å². The van der Waals surface area contributed by atoms with Gasteiger partial charge in [0.1, 0.15) is 29.2 Å². The van der Waals surface area contributed by atoms with Crippen LogP contribution in [0.1, 0.15) is 23.0 Å². The van der Waals surface area contributed by atoms with Crippen LogP contribution in [0.5, 0.6) is 0 Å². The van der Waals surface area contributed by atoms with Crippen molar-refractivity contribution in [2.75, 3.05) is 17.7 Å². The van der Waals surface area contributed by atoms with Gasteiger partial charge in [0, 0.05) is 29.6 Å². The van der Waals surface area contributed by atoms with Crippen LogP contribution in [0, 0.1) is 5.82 Å². The quantitative estimate of drug-likeness (QED) is 0.299. The summed E-state index contributed by atoms with van der Waals surface area (Å²) in [5.41, 5.74) is 7.96. The third kappa shape index (κ3) is 4.32. The number of ether oxygens (including phenoxy) is 1. The fourth-order valence-electron chi connectivity index (χ4n) is 5.12. The molecule has 40 heavy (non-hydrogen) atoms. The smallest absolute Gasteiger partial charge is 0.284 e. The van der Waals surface area contributed by atoms with E-state index in [1.165, 1.54) is 23.1 Å². The van der Waals surface area contributed by atoms with Gasteiger partial charge in [0.15, 0.2) is 0 Å². The second kappa shape index (κ2) is 10.1. The number of hydrogen-bond acceptors (Lipinski definition) is 7. The van der Waals surface area contributed by atoms with E-state index in [4.69, 9.17) is 10.5 Å². The molecule has 0 fully saturated rings. The van der Waals surface area contributed by atoms with Crippen LogP contribution in [-0.4, -0.2) is 47.6 Å². The van der Waals surface area contributed by atoms with Crippen LogP contribution in [-0.2, 0) is 24.4 Å². The number of carbonyl (C=O) groups is 1. The molecule has 6 rings (SSSR count). The van der Waals surface area contributed by atoms with Gasteiger partial charge in [0.05, 0.1) is 42.6 Å². The van der Waals surface area contributed by atoms with E-state index < -0.39 is 23.4 Å². The van der Waals surface area contributed by atoms with Gasteiger partial charge in [-0.3, -0.25) is 14.3 Å². The Hall–Kier alpha value is -4.81. The lowest BCUT2D eigenvalue weighted by Crippen LogP contribution is -2.26. The zero-order valence-corrected chi connectivity index (χ0v) is 21.5. The minimum Gasteiger partial charge on any atom is -0.392 e. The van der Waals surface area contributed by atoms with Gasteiger partial charge in [0.25, 0.3) is 11.5 Å². The molecule has 1 atom stereocenters. The molecule has 0 radical (unpaired) electrons. The molecule has 12 heteroatoms. The Morgan fingerprint density at radius 3 is 2.75 bits per heavy atom. The average Bonchev–Trinajstić information content (AvgIpc) is 3.44. The van der Waals surface area contributed by atoms with Crippen LogP contribution in [0.15, 0.2) is 65.8 Å². The molecule has 1 aliphatic rings. The molecule has 11 nitrogen and oxygen atoms in total. The minimum absolute atomic E-state index is 0.0563. The number of rotatable bonds is 6. The summed E-state index contributed by atoms with van der Waals surface area (Å²) in [5.74, 6) is -1.11. The van der Waals surface area contributed by atoms with E-state index in [1.807, 2.05) is 18.2 Å². The number of aliphatic hydroxyl groups is 1. The van der Waals surface area contributed by atoms with Crippen molar-refractivity contribution in [3.05, 3.63) is 88.5 Å². The van der Waals surface area contributed by atoms with Crippen LogP contribution in [0.3, 0.4) is 0 Å². The Balaban J connectivity index is 1.35. The molecule has 0 saturated carbocycles. The van der Waals surface area contributed by atoms with Crippen molar-refractivity contribution < 1.29 is 19.0 Å². The molecule has 4 heterocycles. The highest BCUT2D eigenvalue weighted by Gasteiger charge is 2.28. The maximum absolute atomic E-state index is 15.5. The monoisotopic (exact) mass is 543 g/mol. The first-order chi connectivity index (χ1) is 19.3. The van der Waals surface area contributed by atoms with Crippen LogP contribution in [0.25, 0.3) is 27.8 Å². The molecule has 5 aromatic rings. The summed E-state index contributed by atoms with van der Waals surface area (Å²) in [7, 11) is 0. The predicted molar refractivity (Wildman–Crippen MR) is 147 cm³/mol. The first-order valence-electron chi connectivity index (χ1n) is 12.7. The van der Waals surface area contributed by atoms with Crippen LogP contribution in [0.2, 0.25) is 0 Å². The van der Waals surface area contributed by atoms with Gasteiger partial charge in [-0.15, -0.1) is 0 Å². The number of anilines is 2. The van der Waals surface area contributed by atoms with Gasteiger partial charge < -0.3 is 25.5 Å². The molecular formula is C28H26FN7O4. The number of nitrogen functional groups attached to an aromatic ring is 1. The zero-order chi connectivity index (χ0) is 28.0. The van der Waals surface area contributed by atoms with E-state index in [0.717, 1.165) is 0 Å². The second-order valence-corrected chi connectivity index (χ2v) is 9.60. The molecule has 2 aromatic carbocycles. The SMILES string of the molecule is C[C@@H](O)Cn1cc(-c2ccc(NC(=O)c3c4n(n(-c5ccccc5)c3=O)CCOC4)cc2F)c2c(N)ncnc21. The summed E-state index contributed by atoms with van der Waals surface area (Å²) in [6, 6.07) is 13.3. The van der Waals surface area contributed by atoms with Crippen molar-refractivity contribution in [2.45, 2.75) is 32.7 Å². The average molecular weight is 544 g/mol. The number of benzene rings is 2. The minimum atomic E-state index is -0.668. The second-order valence-electron chi connectivity index (χ2n) is 9.60. The normalized spacial score (nSPS) is 13.8. The highest BCUT2D eigenvalue weighted by Crippen LogP contribution is 2.35. The first-order valence-corrected chi connectivity index (χ1v) is 12.7. The Bertz CT molecular complexity index is 1810. The zero-order valence-electron chi connectivity index (χ0n) is 21.5. The van der Waals surface area contributed by atoms with Crippen molar-refractivity contribution in [3.63, 3.8) is 0 Å². The van der Waals surface area contributed by atoms with E-state index in [0.29, 0.717) is 41.1 Å². The Morgan fingerprint density at radius 2 is 2.00 bits per heavy atom. The molecular weight excluding hydrogens is 517 g/mol. The van der Waals surface area contributed by atoms with Gasteiger partial charge in [-0.05, 0) is 37.3 Å². The van der Waals surface area contributed by atoms with Crippen molar-refractivity contribution >= 4 is 28.4 Å². The van der Waals surface area contributed by atoms with E-state index in [2.05, 4.69) is 15.3 Å². The van der Waals surface area contributed by atoms with E-state index in [1.54, 1.807) is 40.6 Å². The number of nitrogens with two attached hydrogens (primary N) is 1. The summed E-state index contributed by atoms with van der Waals surface area (Å²) in [5, 5.41) is 13.0. The largest absolute Gasteiger partial charge is 0.392 e. The van der Waals surface area contributed by atoms with Crippen molar-refractivity contribution in [1.29, 1.82) is 0 Å². The third-order valence-electron chi connectivity index (χ3n) is 6.82. The molecule has 0 unspecified atom stereocenters. The summed E-state index contributed by atoms with van der Waals surface area (Å²) >= 11 is 0. The maximum atomic E-state index is 15.5. The highest BCUT2D eigenvalue weighted by molar-refractivity contribution is 6.05. The molecule has 1 aliphatic heterocycles. The lowest BCUT2D eigenvalue weighted by molar-refractivity contribution is 0.0756. The fourth-order valence-corrected chi connectivity index (χ4v) is 5.12. The molecule has 0 spiro atoms. The third-order valence-corrected chi connectivity index (χ3v) is 6.82. The summed E-state index contributed by atoms with van der Waals surface area (Å²) in [4.78, 5) is 35.1. The highest BCUT2D eigenvalue weighted by atomic mass is 19.1. The van der Waals surface area contributed by atoms with Gasteiger partial charge in [-0.1, -0.05) is 18.2 Å². The lowest BCUT2D eigenvalue weighted by Gasteiger charge is -2.19. The van der Waals surface area contributed by atoms with Crippen molar-refractivity contribution in [1.82, 2.24) is 23.9 Å². The van der Waals surface area contributed by atoms with Gasteiger partial charge >= 0.3 is 0 Å².